The third-order valence-electron chi connectivity index (χ3n) is 2.21. The summed E-state index contributed by atoms with van der Waals surface area (Å²) in [5, 5.41) is 39.4. The van der Waals surface area contributed by atoms with Crippen LogP contribution in [0.1, 0.15) is 66.2 Å². The fraction of sp³-hybridized carbons (Fsp3) is 0.400. The number of allylic oxidation sites excluding steroid dienone is 9. The second-order valence-corrected chi connectivity index (χ2v) is 4.73. The van der Waals surface area contributed by atoms with E-state index in [9.17, 15) is 0 Å². The monoisotopic (exact) mass is 405 g/mol. The van der Waals surface area contributed by atoms with Crippen LogP contribution in [-0.4, -0.2) is 0 Å². The standard InChI is InChI=1S/5C5H7N/c5*1-2-3-4-5-6/h2*3-4H,2H2,1H3;2*2-3H,4H2,1H3;2H,1,3-4H2/b4-3+;4-3-;3-2+;3-2-;. The van der Waals surface area contributed by atoms with Crippen LogP contribution >= 0.6 is 0 Å². The summed E-state index contributed by atoms with van der Waals surface area (Å²) < 4.78 is 0. The number of hydrogen-bond donors (Lipinski definition) is 0. The van der Waals surface area contributed by atoms with E-state index in [0.29, 0.717) is 19.3 Å². The highest BCUT2D eigenvalue weighted by Gasteiger charge is 1.69. The van der Waals surface area contributed by atoms with Crippen LogP contribution in [0.15, 0.2) is 61.3 Å². The average Bonchev–Trinajstić information content (AvgIpc) is 2.78. The van der Waals surface area contributed by atoms with Crippen molar-refractivity contribution in [3.05, 3.63) is 61.3 Å². The van der Waals surface area contributed by atoms with E-state index in [4.69, 9.17) is 26.3 Å². The lowest BCUT2D eigenvalue weighted by Crippen LogP contribution is -1.57. The van der Waals surface area contributed by atoms with E-state index in [2.05, 4.69) is 6.58 Å². The zero-order valence-corrected chi connectivity index (χ0v) is 18.9. The van der Waals surface area contributed by atoms with Crippen LogP contribution < -0.4 is 0 Å². The van der Waals surface area contributed by atoms with Gasteiger partial charge in [0.2, 0.25) is 0 Å². The molecule has 0 aliphatic rings. The summed E-state index contributed by atoms with van der Waals surface area (Å²) in [4.78, 5) is 0. The molecule has 5 nitrogen and oxygen atoms in total. The topological polar surface area (TPSA) is 119 Å². The molecule has 0 saturated heterocycles. The fourth-order valence-corrected chi connectivity index (χ4v) is 0.849. The van der Waals surface area contributed by atoms with Crippen molar-refractivity contribution in [1.82, 2.24) is 0 Å². The smallest absolute Gasteiger partial charge is 0.0908 e. The van der Waals surface area contributed by atoms with Gasteiger partial charge in [-0.25, -0.2) is 0 Å². The highest BCUT2D eigenvalue weighted by Crippen LogP contribution is 1.82. The van der Waals surface area contributed by atoms with Gasteiger partial charge in [-0.3, -0.25) is 0 Å². The van der Waals surface area contributed by atoms with E-state index in [-0.39, 0.29) is 0 Å². The first-order valence-corrected chi connectivity index (χ1v) is 9.61. The van der Waals surface area contributed by atoms with Crippen molar-refractivity contribution in [2.45, 2.75) is 66.2 Å². The Hall–Kier alpha value is -3.85. The Morgan fingerprint density at radius 2 is 1.07 bits per heavy atom. The van der Waals surface area contributed by atoms with E-state index < -0.39 is 0 Å². The Morgan fingerprint density at radius 1 is 0.667 bits per heavy atom. The van der Waals surface area contributed by atoms with Crippen LogP contribution in [-0.2, 0) is 0 Å². The average molecular weight is 406 g/mol. The van der Waals surface area contributed by atoms with E-state index >= 15 is 0 Å². The number of rotatable bonds is 6. The largest absolute Gasteiger partial charge is 0.198 e. The summed E-state index contributed by atoms with van der Waals surface area (Å²) in [6, 6.07) is 9.74. The highest BCUT2D eigenvalue weighted by molar-refractivity contribution is 5.01. The molecule has 0 heterocycles. The SMILES string of the molecule is C/C=C/CC#N.C/C=C\CC#N.C=CCCC#N.CC/C=C/C#N.CC/C=C\C#N. The molecule has 5 heteroatoms. The zero-order valence-electron chi connectivity index (χ0n) is 18.9. The van der Waals surface area contributed by atoms with Gasteiger partial charge in [0, 0.05) is 18.6 Å². The van der Waals surface area contributed by atoms with E-state index in [0.717, 1.165) is 19.3 Å². The minimum atomic E-state index is 0.538. The third kappa shape index (κ3) is 104. The summed E-state index contributed by atoms with van der Waals surface area (Å²) in [5.74, 6) is 0. The molecule has 0 aromatic heterocycles. The van der Waals surface area contributed by atoms with Gasteiger partial charge in [0.25, 0.3) is 0 Å². The molecule has 0 aliphatic heterocycles. The van der Waals surface area contributed by atoms with Crippen LogP contribution in [0.4, 0.5) is 0 Å². The van der Waals surface area contributed by atoms with Gasteiger partial charge in [0.15, 0.2) is 0 Å². The fourth-order valence-electron chi connectivity index (χ4n) is 0.849. The Labute approximate surface area is 184 Å². The molecule has 0 unspecified atom stereocenters. The Bertz CT molecular complexity index is 600. The molecule has 0 radical (unpaired) electrons. The predicted molar refractivity (Wildman–Crippen MR) is 125 cm³/mol. The number of nitriles is 5. The van der Waals surface area contributed by atoms with Crippen molar-refractivity contribution >= 4 is 0 Å². The molecule has 30 heavy (non-hydrogen) atoms. The molecule has 0 N–H and O–H groups in total. The van der Waals surface area contributed by atoms with Crippen LogP contribution in [0.3, 0.4) is 0 Å². The maximum Gasteiger partial charge on any atom is 0.0908 e. The van der Waals surface area contributed by atoms with Crippen LogP contribution in [0.25, 0.3) is 0 Å². The summed E-state index contributed by atoms with van der Waals surface area (Å²) >= 11 is 0. The van der Waals surface area contributed by atoms with Crippen molar-refractivity contribution in [2.75, 3.05) is 0 Å². The molecule has 0 rings (SSSR count). The predicted octanol–water partition coefficient (Wildman–Crippen LogP) is 7.38. The second-order valence-electron chi connectivity index (χ2n) is 4.73. The van der Waals surface area contributed by atoms with Gasteiger partial charge in [-0.05, 0) is 33.1 Å². The first-order chi connectivity index (χ1) is 14.6. The van der Waals surface area contributed by atoms with Gasteiger partial charge >= 0.3 is 0 Å². The molecular weight excluding hydrogens is 370 g/mol. The van der Waals surface area contributed by atoms with Crippen LogP contribution in [0, 0.1) is 56.7 Å². The highest BCUT2D eigenvalue weighted by atomic mass is 14.2. The first-order valence-electron chi connectivity index (χ1n) is 9.61. The zero-order chi connectivity index (χ0) is 24.1. The maximum absolute atomic E-state index is 7.90. The molecule has 0 atom stereocenters. The molecule has 0 fully saturated rings. The van der Waals surface area contributed by atoms with Crippen molar-refractivity contribution in [2.24, 2.45) is 0 Å². The summed E-state index contributed by atoms with van der Waals surface area (Å²) in [6.45, 7) is 11.2. The lowest BCUT2D eigenvalue weighted by molar-refractivity contribution is 1.07. The van der Waals surface area contributed by atoms with Gasteiger partial charge in [0.1, 0.15) is 0 Å². The summed E-state index contributed by atoms with van der Waals surface area (Å²) in [5.41, 5.74) is 0. The molecule has 0 aliphatic carbocycles. The molecule has 0 spiro atoms. The number of hydrogen-bond acceptors (Lipinski definition) is 5. The van der Waals surface area contributed by atoms with Crippen LogP contribution in [0.5, 0.6) is 0 Å². The molecule has 0 aromatic carbocycles. The van der Waals surface area contributed by atoms with Crippen molar-refractivity contribution in [1.29, 1.82) is 26.3 Å². The number of nitrogens with zero attached hydrogens (tertiary/aromatic N) is 5. The number of unbranched alkanes of at least 4 members (excludes halogenated alkanes) is 1. The minimum absolute atomic E-state index is 0.538. The van der Waals surface area contributed by atoms with Gasteiger partial charge < -0.3 is 0 Å². The molecule has 0 aromatic rings. The Balaban J connectivity index is -0.0000000868. The second kappa shape index (κ2) is 56.2. The summed E-state index contributed by atoms with van der Waals surface area (Å²) in [7, 11) is 0. The van der Waals surface area contributed by atoms with E-state index in [1.165, 1.54) is 12.2 Å². The van der Waals surface area contributed by atoms with Gasteiger partial charge in [0.05, 0.1) is 43.2 Å². The van der Waals surface area contributed by atoms with Gasteiger partial charge in [-0.1, -0.05) is 56.4 Å². The Kier molecular flexibility index (Phi) is 69.3. The van der Waals surface area contributed by atoms with Gasteiger partial charge in [-0.15, -0.1) is 6.58 Å². The van der Waals surface area contributed by atoms with Crippen molar-refractivity contribution < 1.29 is 0 Å². The van der Waals surface area contributed by atoms with E-state index in [1.54, 1.807) is 6.08 Å². The summed E-state index contributed by atoms with van der Waals surface area (Å²) in [6.07, 6.45) is 20.1. The molecular formula is C25H35N5. The Morgan fingerprint density at radius 3 is 1.17 bits per heavy atom. The molecule has 0 amide bonds. The maximum atomic E-state index is 7.90. The van der Waals surface area contributed by atoms with Gasteiger partial charge in [-0.2, -0.15) is 26.3 Å². The first kappa shape index (κ1) is 37.0. The van der Waals surface area contributed by atoms with Crippen LogP contribution in [0.2, 0.25) is 0 Å². The quantitative estimate of drug-likeness (QED) is 0.259. The lowest BCUT2D eigenvalue weighted by atomic mass is 10.3. The van der Waals surface area contributed by atoms with Crippen molar-refractivity contribution in [3.8, 4) is 30.3 Å². The minimum Gasteiger partial charge on any atom is -0.198 e. The van der Waals surface area contributed by atoms with E-state index in [1.807, 2.05) is 94.5 Å². The normalized spacial score (nSPS) is 8.23. The molecule has 0 bridgehead atoms. The third-order valence-corrected chi connectivity index (χ3v) is 2.21. The molecule has 0 saturated carbocycles. The molecule has 160 valence electrons. The lowest BCUT2D eigenvalue weighted by Gasteiger charge is -1.70. The van der Waals surface area contributed by atoms with Crippen molar-refractivity contribution in [3.63, 3.8) is 0 Å².